The molecular formula is C17H13N3O5S. The lowest BCUT2D eigenvalue weighted by Gasteiger charge is -2.24. The number of carbonyl (C=O) groups excluding carboxylic acids is 2. The molecule has 0 aliphatic carbocycles. The Bertz CT molecular complexity index is 974. The Balaban J connectivity index is 1.33. The molecule has 0 spiro atoms. The molecule has 26 heavy (non-hydrogen) atoms. The molecule has 0 radical (unpaired) electrons. The van der Waals surface area contributed by atoms with Crippen molar-refractivity contribution in [2.24, 2.45) is 0 Å². The molecule has 1 N–H and O–H groups in total. The summed E-state index contributed by atoms with van der Waals surface area (Å²) in [4.78, 5) is 24.2. The lowest BCUT2D eigenvalue weighted by molar-refractivity contribution is -0.156. The Morgan fingerprint density at radius 2 is 2.00 bits per heavy atom. The molecule has 0 bridgehead atoms. The Labute approximate surface area is 152 Å². The summed E-state index contributed by atoms with van der Waals surface area (Å²) < 4.78 is 24.3. The maximum atomic E-state index is 12.1. The van der Waals surface area contributed by atoms with Crippen molar-refractivity contribution in [1.29, 1.82) is 0 Å². The summed E-state index contributed by atoms with van der Waals surface area (Å²) in [7, 11) is 0. The highest BCUT2D eigenvalue weighted by Crippen LogP contribution is 2.31. The fourth-order valence-electron chi connectivity index (χ4n) is 2.46. The van der Waals surface area contributed by atoms with Gasteiger partial charge in [-0.25, -0.2) is 4.79 Å². The molecule has 1 aromatic heterocycles. The van der Waals surface area contributed by atoms with Gasteiger partial charge in [0.2, 0.25) is 6.10 Å². The van der Waals surface area contributed by atoms with Crippen LogP contribution in [0, 0.1) is 0 Å². The van der Waals surface area contributed by atoms with Crippen molar-refractivity contribution in [2.75, 3.05) is 18.5 Å². The summed E-state index contributed by atoms with van der Waals surface area (Å²) in [6.07, 6.45) is -0.913. The topological polar surface area (TPSA) is 99.6 Å². The second-order valence-electron chi connectivity index (χ2n) is 5.46. The van der Waals surface area contributed by atoms with Gasteiger partial charge in [0, 0.05) is 0 Å². The minimum absolute atomic E-state index is 0.0290. The van der Waals surface area contributed by atoms with Gasteiger partial charge < -0.3 is 19.5 Å². The van der Waals surface area contributed by atoms with Crippen LogP contribution in [-0.2, 0) is 14.3 Å². The van der Waals surface area contributed by atoms with Crippen LogP contribution in [0.2, 0.25) is 0 Å². The van der Waals surface area contributed by atoms with E-state index >= 15 is 0 Å². The second-order valence-corrected chi connectivity index (χ2v) is 5.99. The van der Waals surface area contributed by atoms with Crippen molar-refractivity contribution in [3.63, 3.8) is 0 Å². The molecule has 4 rings (SSSR count). The third kappa shape index (κ3) is 3.29. The minimum Gasteiger partial charge on any atom is -0.485 e. The van der Waals surface area contributed by atoms with E-state index in [0.717, 1.165) is 11.7 Å². The predicted octanol–water partition coefficient (Wildman–Crippen LogP) is 2.01. The van der Waals surface area contributed by atoms with Gasteiger partial charge in [-0.1, -0.05) is 18.2 Å². The number of nitrogens with one attached hydrogen (secondary N) is 1. The van der Waals surface area contributed by atoms with Crippen LogP contribution in [0.25, 0.3) is 11.0 Å². The zero-order valence-corrected chi connectivity index (χ0v) is 14.2. The van der Waals surface area contributed by atoms with E-state index in [1.165, 1.54) is 0 Å². The van der Waals surface area contributed by atoms with Crippen LogP contribution < -0.4 is 14.8 Å². The molecule has 0 unspecified atom stereocenters. The highest BCUT2D eigenvalue weighted by atomic mass is 32.1. The second kappa shape index (κ2) is 6.96. The Kier molecular flexibility index (Phi) is 4.36. The van der Waals surface area contributed by atoms with E-state index in [4.69, 9.17) is 14.2 Å². The number of aromatic nitrogens is 2. The van der Waals surface area contributed by atoms with Crippen molar-refractivity contribution < 1.29 is 23.8 Å². The number of fused-ring (bicyclic) bond motifs is 2. The zero-order valence-electron chi connectivity index (χ0n) is 13.4. The van der Waals surface area contributed by atoms with Crippen LogP contribution in [0.3, 0.4) is 0 Å². The largest absolute Gasteiger partial charge is 0.485 e. The first-order chi connectivity index (χ1) is 12.7. The average molecular weight is 371 g/mol. The first kappa shape index (κ1) is 16.3. The molecule has 0 saturated carbocycles. The zero-order chi connectivity index (χ0) is 17.9. The van der Waals surface area contributed by atoms with Crippen LogP contribution in [0.1, 0.15) is 0 Å². The van der Waals surface area contributed by atoms with Crippen LogP contribution in [0.4, 0.5) is 5.69 Å². The van der Waals surface area contributed by atoms with Crippen LogP contribution >= 0.6 is 11.7 Å². The maximum Gasteiger partial charge on any atom is 0.351 e. The van der Waals surface area contributed by atoms with E-state index in [2.05, 4.69) is 14.1 Å². The number of hydrogen-bond acceptors (Lipinski definition) is 8. The van der Waals surface area contributed by atoms with Gasteiger partial charge in [0.15, 0.2) is 18.1 Å². The Hall–Kier alpha value is -3.20. The number of amides is 1. The molecule has 8 nitrogen and oxygen atoms in total. The third-order valence-electron chi connectivity index (χ3n) is 3.68. The number of nitrogens with zero attached hydrogens (tertiary/aromatic N) is 2. The smallest absolute Gasteiger partial charge is 0.351 e. The summed E-state index contributed by atoms with van der Waals surface area (Å²) in [6.45, 7) is -0.407. The highest BCUT2D eigenvalue weighted by Gasteiger charge is 2.29. The van der Waals surface area contributed by atoms with Gasteiger partial charge in [-0.3, -0.25) is 4.79 Å². The molecule has 0 saturated heterocycles. The number of anilines is 1. The summed E-state index contributed by atoms with van der Waals surface area (Å²) in [5, 5.41) is 2.66. The molecule has 2 aromatic carbocycles. The Morgan fingerprint density at radius 3 is 2.88 bits per heavy atom. The molecule has 1 aliphatic rings. The first-order valence-electron chi connectivity index (χ1n) is 7.77. The number of esters is 1. The van der Waals surface area contributed by atoms with Gasteiger partial charge in [0.1, 0.15) is 17.6 Å². The van der Waals surface area contributed by atoms with Gasteiger partial charge >= 0.3 is 5.97 Å². The number of ether oxygens (including phenoxy) is 3. The fourth-order valence-corrected chi connectivity index (χ4v) is 3.01. The number of carbonyl (C=O) groups is 2. The molecule has 1 amide bonds. The van der Waals surface area contributed by atoms with Crippen molar-refractivity contribution in [3.8, 4) is 11.5 Å². The molecule has 3 aromatic rings. The monoisotopic (exact) mass is 371 g/mol. The summed E-state index contributed by atoms with van der Waals surface area (Å²) in [5.74, 6) is -0.105. The highest BCUT2D eigenvalue weighted by molar-refractivity contribution is 7.00. The number of rotatable bonds is 4. The molecule has 132 valence electrons. The number of benzene rings is 2. The summed E-state index contributed by atoms with van der Waals surface area (Å²) in [6, 6.07) is 12.3. The maximum absolute atomic E-state index is 12.1. The van der Waals surface area contributed by atoms with Crippen molar-refractivity contribution in [1.82, 2.24) is 8.75 Å². The van der Waals surface area contributed by atoms with Gasteiger partial charge in [0.25, 0.3) is 5.91 Å². The van der Waals surface area contributed by atoms with Crippen LogP contribution in [0.15, 0.2) is 42.5 Å². The quantitative estimate of drug-likeness (QED) is 0.700. The lowest BCUT2D eigenvalue weighted by atomic mass is 10.2. The van der Waals surface area contributed by atoms with E-state index < -0.39 is 24.6 Å². The normalized spacial score (nSPS) is 15.5. The molecule has 0 fully saturated rings. The SMILES string of the molecule is O=C(COC(=O)[C@H]1COc2ccccc2O1)Nc1cccc2nsnc12. The van der Waals surface area contributed by atoms with E-state index in [0.29, 0.717) is 28.2 Å². The van der Waals surface area contributed by atoms with Crippen molar-refractivity contribution >= 4 is 40.3 Å². The van der Waals surface area contributed by atoms with E-state index in [1.54, 1.807) is 36.4 Å². The van der Waals surface area contributed by atoms with Crippen molar-refractivity contribution in [2.45, 2.75) is 6.10 Å². The Morgan fingerprint density at radius 1 is 1.15 bits per heavy atom. The number of para-hydroxylation sites is 2. The van der Waals surface area contributed by atoms with Crippen LogP contribution in [-0.4, -0.2) is 39.9 Å². The molecule has 9 heteroatoms. The molecule has 1 aliphatic heterocycles. The first-order valence-corrected chi connectivity index (χ1v) is 8.50. The molecule has 1 atom stereocenters. The summed E-state index contributed by atoms with van der Waals surface area (Å²) >= 11 is 1.06. The van der Waals surface area contributed by atoms with Gasteiger partial charge in [-0.05, 0) is 24.3 Å². The van der Waals surface area contributed by atoms with Gasteiger partial charge in [-0.15, -0.1) is 0 Å². The minimum atomic E-state index is -0.913. The number of hydrogen-bond donors (Lipinski definition) is 1. The third-order valence-corrected chi connectivity index (χ3v) is 4.22. The fraction of sp³-hybridized carbons (Fsp3) is 0.176. The van der Waals surface area contributed by atoms with E-state index in [1.807, 2.05) is 6.07 Å². The average Bonchev–Trinajstić information content (AvgIpc) is 3.15. The predicted molar refractivity (Wildman–Crippen MR) is 93.4 cm³/mol. The molecule has 2 heterocycles. The van der Waals surface area contributed by atoms with Gasteiger partial charge in [0.05, 0.1) is 17.4 Å². The lowest BCUT2D eigenvalue weighted by Crippen LogP contribution is -2.39. The van der Waals surface area contributed by atoms with E-state index in [-0.39, 0.29) is 6.61 Å². The van der Waals surface area contributed by atoms with Gasteiger partial charge in [-0.2, -0.15) is 8.75 Å². The molecular weight excluding hydrogens is 358 g/mol. The standard InChI is InChI=1S/C17H13N3O5S/c21-15(18-10-4-3-5-11-16(10)20-26-19-11)9-24-17(22)14-8-23-12-6-1-2-7-13(12)25-14/h1-7,14H,8-9H2,(H,18,21)/t14-/m1/s1. The van der Waals surface area contributed by atoms with Crippen LogP contribution in [0.5, 0.6) is 11.5 Å². The summed E-state index contributed by atoms with van der Waals surface area (Å²) in [5.41, 5.74) is 1.80. The van der Waals surface area contributed by atoms with E-state index in [9.17, 15) is 9.59 Å². The van der Waals surface area contributed by atoms with Crippen molar-refractivity contribution in [3.05, 3.63) is 42.5 Å².